The van der Waals surface area contributed by atoms with Crippen molar-refractivity contribution in [1.82, 2.24) is 24.4 Å². The fraction of sp³-hybridized carbons (Fsp3) is 0.350. The second kappa shape index (κ2) is 8.26. The SMILES string of the molecule is Cc1cc2ncc(C(=O)N3CCN(CCOc4ccc(Cl)cc4)CC3)c(N)n2n1. The molecule has 9 heteroatoms. The van der Waals surface area contributed by atoms with E-state index in [1.807, 2.05) is 42.2 Å². The number of nitrogens with two attached hydrogens (primary N) is 1. The molecule has 0 unspecified atom stereocenters. The van der Waals surface area contributed by atoms with E-state index in [0.717, 1.165) is 31.1 Å². The fourth-order valence-corrected chi connectivity index (χ4v) is 3.53. The average molecular weight is 415 g/mol. The zero-order valence-corrected chi connectivity index (χ0v) is 17.0. The van der Waals surface area contributed by atoms with E-state index in [4.69, 9.17) is 22.1 Å². The quantitative estimate of drug-likeness (QED) is 0.687. The predicted molar refractivity (Wildman–Crippen MR) is 111 cm³/mol. The van der Waals surface area contributed by atoms with E-state index >= 15 is 0 Å². The van der Waals surface area contributed by atoms with E-state index in [-0.39, 0.29) is 5.91 Å². The summed E-state index contributed by atoms with van der Waals surface area (Å²) in [6.07, 6.45) is 1.54. The van der Waals surface area contributed by atoms with Crippen LogP contribution in [0.15, 0.2) is 36.5 Å². The van der Waals surface area contributed by atoms with Gasteiger partial charge in [0.2, 0.25) is 0 Å². The third kappa shape index (κ3) is 4.28. The first-order chi connectivity index (χ1) is 14.0. The zero-order valence-electron chi connectivity index (χ0n) is 16.2. The molecule has 3 aromatic rings. The Morgan fingerprint density at radius 3 is 2.66 bits per heavy atom. The minimum Gasteiger partial charge on any atom is -0.492 e. The van der Waals surface area contributed by atoms with Crippen molar-refractivity contribution >= 4 is 29.0 Å². The monoisotopic (exact) mass is 414 g/mol. The van der Waals surface area contributed by atoms with Crippen LogP contribution in [0.1, 0.15) is 16.1 Å². The van der Waals surface area contributed by atoms with Gasteiger partial charge in [-0.25, -0.2) is 4.98 Å². The summed E-state index contributed by atoms with van der Waals surface area (Å²) in [5, 5.41) is 5.00. The molecule has 2 aromatic heterocycles. The Morgan fingerprint density at radius 2 is 1.93 bits per heavy atom. The molecule has 0 atom stereocenters. The lowest BCUT2D eigenvalue weighted by Gasteiger charge is -2.34. The third-order valence-electron chi connectivity index (χ3n) is 5.02. The van der Waals surface area contributed by atoms with Crippen molar-refractivity contribution in [3.05, 3.63) is 52.8 Å². The maximum absolute atomic E-state index is 12.9. The summed E-state index contributed by atoms with van der Waals surface area (Å²) in [5.41, 5.74) is 8.01. The van der Waals surface area contributed by atoms with E-state index in [0.29, 0.717) is 41.7 Å². The highest BCUT2D eigenvalue weighted by atomic mass is 35.5. The summed E-state index contributed by atoms with van der Waals surface area (Å²) in [6, 6.07) is 9.16. The molecule has 1 aromatic carbocycles. The van der Waals surface area contributed by atoms with Gasteiger partial charge in [-0.1, -0.05) is 11.6 Å². The maximum atomic E-state index is 12.9. The summed E-state index contributed by atoms with van der Waals surface area (Å²) in [6.45, 7) is 6.09. The number of halogens is 1. The lowest BCUT2D eigenvalue weighted by Crippen LogP contribution is -2.49. The lowest BCUT2D eigenvalue weighted by atomic mass is 10.2. The molecule has 1 saturated heterocycles. The summed E-state index contributed by atoms with van der Waals surface area (Å²) in [4.78, 5) is 21.3. The van der Waals surface area contributed by atoms with E-state index in [9.17, 15) is 4.79 Å². The van der Waals surface area contributed by atoms with Crippen molar-refractivity contribution in [2.75, 3.05) is 45.1 Å². The number of rotatable bonds is 5. The number of benzene rings is 1. The molecule has 1 amide bonds. The van der Waals surface area contributed by atoms with E-state index < -0.39 is 0 Å². The van der Waals surface area contributed by atoms with Crippen molar-refractivity contribution in [2.45, 2.75) is 6.92 Å². The molecular formula is C20H23ClN6O2. The van der Waals surface area contributed by atoms with E-state index in [1.165, 1.54) is 4.52 Å². The predicted octanol–water partition coefficient (Wildman–Crippen LogP) is 2.11. The number of hydrogen-bond acceptors (Lipinski definition) is 6. The number of aryl methyl sites for hydroxylation is 1. The van der Waals surface area contributed by atoms with Gasteiger partial charge in [-0.05, 0) is 31.2 Å². The van der Waals surface area contributed by atoms with Crippen LogP contribution >= 0.6 is 11.6 Å². The largest absolute Gasteiger partial charge is 0.492 e. The van der Waals surface area contributed by atoms with Gasteiger partial charge in [0.15, 0.2) is 5.65 Å². The molecule has 2 N–H and O–H groups in total. The van der Waals surface area contributed by atoms with Crippen molar-refractivity contribution in [2.24, 2.45) is 0 Å². The Balaban J connectivity index is 1.30. The number of carbonyl (C=O) groups excluding carboxylic acids is 1. The van der Waals surface area contributed by atoms with Crippen molar-refractivity contribution in [1.29, 1.82) is 0 Å². The summed E-state index contributed by atoms with van der Waals surface area (Å²) >= 11 is 5.88. The first-order valence-corrected chi connectivity index (χ1v) is 9.90. The van der Waals surface area contributed by atoms with Gasteiger partial charge in [0.05, 0.1) is 5.69 Å². The smallest absolute Gasteiger partial charge is 0.259 e. The van der Waals surface area contributed by atoms with Crippen molar-refractivity contribution in [3.8, 4) is 5.75 Å². The standard InChI is InChI=1S/C20H23ClN6O2/c1-14-12-18-23-13-17(19(22)27(18)24-14)20(28)26-8-6-25(7-9-26)10-11-29-16-4-2-15(21)3-5-16/h2-5,12-13H,6-11,22H2,1H3. The van der Waals surface area contributed by atoms with Gasteiger partial charge < -0.3 is 15.4 Å². The molecule has 0 bridgehead atoms. The van der Waals surface area contributed by atoms with Gasteiger partial charge in [-0.15, -0.1) is 0 Å². The van der Waals surface area contributed by atoms with E-state index in [1.54, 1.807) is 6.20 Å². The van der Waals surface area contributed by atoms with Gasteiger partial charge in [0.1, 0.15) is 23.7 Å². The molecule has 1 fully saturated rings. The van der Waals surface area contributed by atoms with Crippen molar-refractivity contribution < 1.29 is 9.53 Å². The number of fused-ring (bicyclic) bond motifs is 1. The number of anilines is 1. The highest BCUT2D eigenvalue weighted by Gasteiger charge is 2.25. The second-order valence-corrected chi connectivity index (χ2v) is 7.49. The van der Waals surface area contributed by atoms with Crippen LogP contribution in [-0.4, -0.2) is 69.6 Å². The Labute approximate surface area is 173 Å². The Morgan fingerprint density at radius 1 is 1.21 bits per heavy atom. The normalized spacial score (nSPS) is 15.0. The summed E-state index contributed by atoms with van der Waals surface area (Å²) in [5.74, 6) is 1.02. The van der Waals surface area contributed by atoms with Crippen LogP contribution in [-0.2, 0) is 0 Å². The molecule has 152 valence electrons. The maximum Gasteiger partial charge on any atom is 0.259 e. The van der Waals surface area contributed by atoms with Crippen LogP contribution in [0.3, 0.4) is 0 Å². The molecule has 3 heterocycles. The van der Waals surface area contributed by atoms with Gasteiger partial charge in [0.25, 0.3) is 5.91 Å². The average Bonchev–Trinajstić information content (AvgIpc) is 3.11. The highest BCUT2D eigenvalue weighted by Crippen LogP contribution is 2.18. The Bertz CT molecular complexity index is 1010. The van der Waals surface area contributed by atoms with Crippen LogP contribution in [0, 0.1) is 6.92 Å². The first-order valence-electron chi connectivity index (χ1n) is 9.52. The molecule has 29 heavy (non-hydrogen) atoms. The molecular weight excluding hydrogens is 392 g/mol. The third-order valence-corrected chi connectivity index (χ3v) is 5.27. The van der Waals surface area contributed by atoms with Gasteiger partial charge >= 0.3 is 0 Å². The number of hydrogen-bond donors (Lipinski definition) is 1. The van der Waals surface area contributed by atoms with Crippen LogP contribution in [0.2, 0.25) is 5.02 Å². The summed E-state index contributed by atoms with van der Waals surface area (Å²) in [7, 11) is 0. The van der Waals surface area contributed by atoms with Crippen LogP contribution < -0.4 is 10.5 Å². The molecule has 0 radical (unpaired) electrons. The number of carbonyl (C=O) groups is 1. The minimum absolute atomic E-state index is 0.109. The number of nitrogen functional groups attached to an aromatic ring is 1. The molecule has 1 aliphatic heterocycles. The van der Waals surface area contributed by atoms with Crippen molar-refractivity contribution in [3.63, 3.8) is 0 Å². The van der Waals surface area contributed by atoms with Gasteiger partial charge in [0, 0.05) is 50.0 Å². The molecule has 0 saturated carbocycles. The molecule has 0 spiro atoms. The number of amides is 1. The van der Waals surface area contributed by atoms with E-state index in [2.05, 4.69) is 15.0 Å². The number of aromatic nitrogens is 3. The first kappa shape index (κ1) is 19.5. The highest BCUT2D eigenvalue weighted by molar-refractivity contribution is 6.30. The number of nitrogens with zero attached hydrogens (tertiary/aromatic N) is 5. The van der Waals surface area contributed by atoms with Crippen LogP contribution in [0.5, 0.6) is 5.75 Å². The van der Waals surface area contributed by atoms with Gasteiger partial charge in [-0.2, -0.15) is 9.61 Å². The Kier molecular flexibility index (Phi) is 5.55. The van der Waals surface area contributed by atoms with Crippen LogP contribution in [0.25, 0.3) is 5.65 Å². The molecule has 0 aliphatic carbocycles. The molecule has 8 nitrogen and oxygen atoms in total. The minimum atomic E-state index is -0.109. The Hall–Kier alpha value is -2.84. The number of piperazine rings is 1. The van der Waals surface area contributed by atoms with Gasteiger partial charge in [-0.3, -0.25) is 9.69 Å². The second-order valence-electron chi connectivity index (χ2n) is 7.05. The topological polar surface area (TPSA) is 89.0 Å². The fourth-order valence-electron chi connectivity index (χ4n) is 3.40. The lowest BCUT2D eigenvalue weighted by molar-refractivity contribution is 0.0620. The molecule has 4 rings (SSSR count). The van der Waals surface area contributed by atoms with Crippen LogP contribution in [0.4, 0.5) is 5.82 Å². The molecule has 1 aliphatic rings. The zero-order chi connectivity index (χ0) is 20.4. The number of ether oxygens (including phenoxy) is 1. The summed E-state index contributed by atoms with van der Waals surface area (Å²) < 4.78 is 7.27.